The van der Waals surface area contributed by atoms with Gasteiger partial charge in [0.05, 0.1) is 34.4 Å². The number of carbonyl (C=O) groups is 3. The van der Waals surface area contributed by atoms with Crippen LogP contribution in [0.15, 0.2) is 29.1 Å². The Morgan fingerprint density at radius 3 is 2.50 bits per heavy atom. The van der Waals surface area contributed by atoms with E-state index in [1.54, 1.807) is 70.4 Å². The summed E-state index contributed by atoms with van der Waals surface area (Å²) in [5.41, 5.74) is 0.465. The minimum atomic E-state index is -1.89. The van der Waals surface area contributed by atoms with Gasteiger partial charge in [-0.25, -0.2) is 14.6 Å². The lowest BCUT2D eigenvalue weighted by Crippen LogP contribution is -2.44. The first-order valence-corrected chi connectivity index (χ1v) is 14.9. The van der Waals surface area contributed by atoms with E-state index < -0.39 is 34.6 Å². The topological polar surface area (TPSA) is 146 Å². The lowest BCUT2D eigenvalue weighted by atomic mass is 9.86. The number of nitrogens with zero attached hydrogens (tertiary/aromatic N) is 2. The number of fused-ring (bicyclic) bond motifs is 5. The van der Waals surface area contributed by atoms with Crippen LogP contribution in [0, 0.1) is 5.41 Å². The third kappa shape index (κ3) is 5.45. The van der Waals surface area contributed by atoms with E-state index in [2.05, 4.69) is 5.32 Å². The highest BCUT2D eigenvalue weighted by molar-refractivity contribution is 5.90. The van der Waals surface area contributed by atoms with Crippen molar-refractivity contribution in [3.8, 4) is 17.1 Å². The molecule has 4 heterocycles. The predicted octanol–water partition coefficient (Wildman–Crippen LogP) is 4.49. The van der Waals surface area contributed by atoms with Gasteiger partial charge < -0.3 is 29.2 Å². The van der Waals surface area contributed by atoms with E-state index in [-0.39, 0.29) is 42.8 Å². The summed E-state index contributed by atoms with van der Waals surface area (Å²) in [4.78, 5) is 56.1. The van der Waals surface area contributed by atoms with Crippen molar-refractivity contribution in [3.63, 3.8) is 0 Å². The first-order valence-electron chi connectivity index (χ1n) is 14.9. The number of ether oxygens (including phenoxy) is 3. The number of aromatic nitrogens is 2. The molecule has 0 unspecified atom stereocenters. The molecule has 0 saturated heterocycles. The van der Waals surface area contributed by atoms with Crippen LogP contribution in [0.3, 0.4) is 0 Å². The fourth-order valence-corrected chi connectivity index (χ4v) is 5.75. The number of hydrogen-bond acceptors (Lipinski definition) is 9. The third-order valence-corrected chi connectivity index (χ3v) is 8.31. The number of amides is 1. The largest absolute Gasteiger partial charge is 0.458 e. The summed E-state index contributed by atoms with van der Waals surface area (Å²) < 4.78 is 17.8. The van der Waals surface area contributed by atoms with Crippen molar-refractivity contribution in [2.75, 3.05) is 6.54 Å². The molecular weight excluding hydrogens is 566 g/mol. The minimum absolute atomic E-state index is 0.0680. The van der Waals surface area contributed by atoms with Crippen molar-refractivity contribution in [1.82, 2.24) is 14.9 Å². The molecule has 1 atom stereocenters. The maximum atomic E-state index is 13.6. The Morgan fingerprint density at radius 2 is 1.84 bits per heavy atom. The highest BCUT2D eigenvalue weighted by Crippen LogP contribution is 2.41. The molecule has 11 nitrogen and oxygen atoms in total. The number of cyclic esters (lactones) is 1. The van der Waals surface area contributed by atoms with Gasteiger partial charge in [-0.3, -0.25) is 9.59 Å². The Hall–Kier alpha value is -4.25. The Bertz CT molecular complexity index is 1750. The van der Waals surface area contributed by atoms with Crippen molar-refractivity contribution < 1.29 is 33.7 Å². The molecule has 2 aliphatic heterocycles. The van der Waals surface area contributed by atoms with Crippen LogP contribution in [0.25, 0.3) is 22.3 Å². The van der Waals surface area contributed by atoms with Crippen LogP contribution < -0.4 is 15.6 Å². The van der Waals surface area contributed by atoms with Gasteiger partial charge in [0.1, 0.15) is 18.0 Å². The highest BCUT2D eigenvalue weighted by atomic mass is 16.6. The van der Waals surface area contributed by atoms with Crippen molar-refractivity contribution in [2.45, 2.75) is 92.1 Å². The van der Waals surface area contributed by atoms with Crippen molar-refractivity contribution in [2.24, 2.45) is 5.41 Å². The maximum Gasteiger partial charge on any atom is 0.407 e. The Labute approximate surface area is 255 Å². The number of aryl methyl sites for hydroxylation is 1. The first-order chi connectivity index (χ1) is 20.6. The molecule has 3 aromatic rings. The molecule has 11 heteroatoms. The van der Waals surface area contributed by atoms with Gasteiger partial charge >= 0.3 is 18.0 Å². The molecule has 1 amide bonds. The van der Waals surface area contributed by atoms with E-state index >= 15 is 0 Å². The zero-order chi connectivity index (χ0) is 32.2. The normalized spacial score (nSPS) is 17.4. The van der Waals surface area contributed by atoms with Gasteiger partial charge in [0.2, 0.25) is 0 Å². The predicted molar refractivity (Wildman–Crippen MR) is 162 cm³/mol. The number of esters is 2. The van der Waals surface area contributed by atoms with Crippen LogP contribution in [-0.4, -0.2) is 44.8 Å². The monoisotopic (exact) mass is 605 g/mol. The van der Waals surface area contributed by atoms with Gasteiger partial charge in [-0.15, -0.1) is 0 Å². The molecule has 2 N–H and O–H groups in total. The molecule has 2 aliphatic rings. The number of alkyl carbamates (subject to hydrolysis) is 1. The highest BCUT2D eigenvalue weighted by Gasteiger charge is 2.45. The van der Waals surface area contributed by atoms with E-state index in [0.29, 0.717) is 35.5 Å². The summed E-state index contributed by atoms with van der Waals surface area (Å²) in [5.74, 6) is -0.848. The smallest absolute Gasteiger partial charge is 0.407 e. The van der Waals surface area contributed by atoms with Crippen LogP contribution in [-0.2, 0) is 44.2 Å². The summed E-state index contributed by atoms with van der Waals surface area (Å²) in [7, 11) is 0. The average molecular weight is 606 g/mol. The number of hydrogen-bond donors (Lipinski definition) is 2. The molecule has 5 rings (SSSR count). The first kappa shape index (κ1) is 31.2. The molecule has 234 valence electrons. The van der Waals surface area contributed by atoms with E-state index in [0.717, 1.165) is 16.5 Å². The van der Waals surface area contributed by atoms with Crippen LogP contribution in [0.1, 0.15) is 83.6 Å². The Kier molecular flexibility index (Phi) is 7.82. The lowest BCUT2D eigenvalue weighted by molar-refractivity contribution is -0.172. The minimum Gasteiger partial charge on any atom is -0.458 e. The molecule has 0 saturated carbocycles. The van der Waals surface area contributed by atoms with E-state index in [4.69, 9.17) is 19.2 Å². The average Bonchev–Trinajstić information content (AvgIpc) is 3.31. The Balaban J connectivity index is 1.43. The summed E-state index contributed by atoms with van der Waals surface area (Å²) >= 11 is 0. The van der Waals surface area contributed by atoms with Crippen LogP contribution in [0.5, 0.6) is 5.75 Å². The fourth-order valence-electron chi connectivity index (χ4n) is 5.75. The van der Waals surface area contributed by atoms with Crippen molar-refractivity contribution >= 4 is 28.9 Å². The van der Waals surface area contributed by atoms with Gasteiger partial charge in [0.25, 0.3) is 5.56 Å². The molecule has 0 radical (unpaired) electrons. The molecule has 2 aromatic heterocycles. The summed E-state index contributed by atoms with van der Waals surface area (Å²) in [6.45, 7) is 12.9. The number of rotatable bonds is 7. The summed E-state index contributed by atoms with van der Waals surface area (Å²) in [6.07, 6.45) is 0.493. The summed E-state index contributed by atoms with van der Waals surface area (Å²) in [6, 6.07) is 6.93. The van der Waals surface area contributed by atoms with Crippen molar-refractivity contribution in [3.05, 3.63) is 56.9 Å². The van der Waals surface area contributed by atoms with Crippen LogP contribution in [0.2, 0.25) is 0 Å². The lowest BCUT2D eigenvalue weighted by Gasteiger charge is -2.31. The molecule has 0 aliphatic carbocycles. The maximum absolute atomic E-state index is 13.6. The zero-order valence-corrected chi connectivity index (χ0v) is 26.3. The standard InChI is InChI=1S/C33H39N3O8/c1-8-19-20-14-18(43-28(38)32(6,7)12-13-34-30(40)44-31(3,4)5)10-11-24(20)35-26-21(19)16-36-25(26)15-23-22(27(36)37)17-42-29(39)33(23,41)9-2/h10-11,14-15,41H,8-9,12-13,16-17H2,1-7H3,(H,34,40)/t33-/m0/s1. The number of carbonyl (C=O) groups excluding carboxylic acids is 3. The van der Waals surface area contributed by atoms with E-state index in [1.807, 2.05) is 6.92 Å². The molecule has 0 bridgehead atoms. The molecule has 44 heavy (non-hydrogen) atoms. The number of benzene rings is 1. The van der Waals surface area contributed by atoms with E-state index in [9.17, 15) is 24.3 Å². The van der Waals surface area contributed by atoms with Crippen LogP contribution >= 0.6 is 0 Å². The molecule has 0 fully saturated rings. The van der Waals surface area contributed by atoms with Gasteiger partial charge in [-0.05, 0) is 83.7 Å². The molecule has 1 aromatic carbocycles. The Morgan fingerprint density at radius 1 is 1.11 bits per heavy atom. The fraction of sp³-hybridized carbons (Fsp3) is 0.485. The van der Waals surface area contributed by atoms with Gasteiger partial charge in [0, 0.05) is 23.1 Å². The number of nitrogens with one attached hydrogen (secondary N) is 1. The van der Waals surface area contributed by atoms with Gasteiger partial charge in [-0.1, -0.05) is 13.8 Å². The van der Waals surface area contributed by atoms with Crippen molar-refractivity contribution in [1.29, 1.82) is 0 Å². The van der Waals surface area contributed by atoms with Gasteiger partial charge in [-0.2, -0.15) is 0 Å². The SMILES string of the molecule is CCc1c2c(nc3ccc(OC(=O)C(C)(C)CCNC(=O)OC(C)(C)C)cc13)-c1cc3c(c(=O)n1C2)COC(=O)[C@]3(O)CC. The summed E-state index contributed by atoms with van der Waals surface area (Å²) in [5, 5.41) is 14.6. The molecule has 0 spiro atoms. The quantitative estimate of drug-likeness (QED) is 0.230. The molecular formula is C33H39N3O8. The zero-order valence-electron chi connectivity index (χ0n) is 26.3. The second-order valence-corrected chi connectivity index (χ2v) is 13.0. The number of pyridine rings is 2. The second-order valence-electron chi connectivity index (χ2n) is 13.0. The second kappa shape index (κ2) is 11.0. The van der Waals surface area contributed by atoms with Gasteiger partial charge in [0.15, 0.2) is 5.60 Å². The van der Waals surface area contributed by atoms with E-state index in [1.165, 1.54) is 0 Å². The third-order valence-electron chi connectivity index (χ3n) is 8.31. The number of aliphatic hydroxyl groups is 1. The van der Waals surface area contributed by atoms with Crippen LogP contribution in [0.4, 0.5) is 4.79 Å².